The molecule has 2 rings (SSSR count). The number of halogens is 1. The van der Waals surface area contributed by atoms with Gasteiger partial charge in [-0.05, 0) is 24.3 Å². The van der Waals surface area contributed by atoms with E-state index in [9.17, 15) is 18.8 Å². The lowest BCUT2D eigenvalue weighted by molar-refractivity contribution is -0.119. The Morgan fingerprint density at radius 2 is 1.73 bits per heavy atom. The van der Waals surface area contributed by atoms with Crippen LogP contribution in [0.15, 0.2) is 42.5 Å². The number of para-hydroxylation sites is 1. The van der Waals surface area contributed by atoms with Crippen molar-refractivity contribution in [2.45, 2.75) is 0 Å². The van der Waals surface area contributed by atoms with E-state index in [0.29, 0.717) is 0 Å². The van der Waals surface area contributed by atoms with Crippen molar-refractivity contribution in [3.63, 3.8) is 0 Å². The van der Waals surface area contributed by atoms with E-state index in [0.717, 1.165) is 6.07 Å². The first kappa shape index (κ1) is 18.9. The van der Waals surface area contributed by atoms with Crippen LogP contribution in [0.25, 0.3) is 0 Å². The number of esters is 2. The first-order valence-corrected chi connectivity index (χ1v) is 7.44. The molecule has 2 aromatic carbocycles. The van der Waals surface area contributed by atoms with Gasteiger partial charge in [-0.15, -0.1) is 0 Å². The van der Waals surface area contributed by atoms with Crippen molar-refractivity contribution in [3.8, 4) is 5.75 Å². The molecule has 7 nitrogen and oxygen atoms in total. The van der Waals surface area contributed by atoms with E-state index in [4.69, 9.17) is 9.47 Å². The first-order valence-electron chi connectivity index (χ1n) is 7.44. The molecule has 0 bridgehead atoms. The lowest BCUT2D eigenvalue weighted by Gasteiger charge is -2.10. The van der Waals surface area contributed by atoms with Crippen LogP contribution in [-0.2, 0) is 14.3 Å². The van der Waals surface area contributed by atoms with Gasteiger partial charge in [-0.3, -0.25) is 4.79 Å². The Kier molecular flexibility index (Phi) is 6.26. The SMILES string of the molecule is COC(=O)c1ccccc1NC(=O)COC(=O)c1ccc(OC)cc1F. The molecule has 136 valence electrons. The second kappa shape index (κ2) is 8.61. The van der Waals surface area contributed by atoms with Crippen molar-refractivity contribution >= 4 is 23.5 Å². The molecule has 0 aliphatic rings. The molecule has 0 spiro atoms. The largest absolute Gasteiger partial charge is 0.497 e. The van der Waals surface area contributed by atoms with Crippen LogP contribution < -0.4 is 10.1 Å². The molecule has 0 radical (unpaired) electrons. The normalized spacial score (nSPS) is 9.96. The third-order valence-corrected chi connectivity index (χ3v) is 3.34. The molecule has 0 heterocycles. The minimum absolute atomic E-state index is 0.149. The van der Waals surface area contributed by atoms with Crippen molar-refractivity contribution in [1.82, 2.24) is 0 Å². The summed E-state index contributed by atoms with van der Waals surface area (Å²) >= 11 is 0. The molecule has 0 aliphatic carbocycles. The Morgan fingerprint density at radius 1 is 1.00 bits per heavy atom. The standard InChI is InChI=1S/C18H16FNO6/c1-24-11-7-8-12(14(19)9-11)18(23)26-10-16(21)20-15-6-4-3-5-13(15)17(22)25-2/h3-9H,10H2,1-2H3,(H,20,21). The van der Waals surface area contributed by atoms with Crippen LogP contribution in [-0.4, -0.2) is 38.7 Å². The van der Waals surface area contributed by atoms with Gasteiger partial charge in [0.25, 0.3) is 5.91 Å². The molecular weight excluding hydrogens is 345 g/mol. The molecule has 0 unspecified atom stereocenters. The molecule has 0 aromatic heterocycles. The van der Waals surface area contributed by atoms with Gasteiger partial charge in [0.05, 0.1) is 31.0 Å². The zero-order valence-corrected chi connectivity index (χ0v) is 14.1. The summed E-state index contributed by atoms with van der Waals surface area (Å²) in [6.07, 6.45) is 0. The Balaban J connectivity index is 1.99. The van der Waals surface area contributed by atoms with Gasteiger partial charge in [0.15, 0.2) is 6.61 Å². The average Bonchev–Trinajstić information content (AvgIpc) is 2.65. The zero-order chi connectivity index (χ0) is 19.1. The number of hydrogen-bond acceptors (Lipinski definition) is 6. The van der Waals surface area contributed by atoms with Crippen LogP contribution in [0.5, 0.6) is 5.75 Å². The number of carbonyl (C=O) groups is 3. The van der Waals surface area contributed by atoms with Gasteiger partial charge in [-0.25, -0.2) is 14.0 Å². The van der Waals surface area contributed by atoms with Crippen LogP contribution in [0, 0.1) is 5.82 Å². The van der Waals surface area contributed by atoms with E-state index in [1.165, 1.54) is 38.5 Å². The topological polar surface area (TPSA) is 90.9 Å². The smallest absolute Gasteiger partial charge is 0.341 e. The van der Waals surface area contributed by atoms with Gasteiger partial charge >= 0.3 is 11.9 Å². The van der Waals surface area contributed by atoms with E-state index in [2.05, 4.69) is 10.1 Å². The average molecular weight is 361 g/mol. The van der Waals surface area contributed by atoms with Crippen LogP contribution in [0.2, 0.25) is 0 Å². The maximum Gasteiger partial charge on any atom is 0.341 e. The maximum atomic E-state index is 13.8. The predicted octanol–water partition coefficient (Wildman–Crippen LogP) is 2.42. The van der Waals surface area contributed by atoms with Crippen LogP contribution in [0.1, 0.15) is 20.7 Å². The Labute approximate surface area is 148 Å². The molecule has 0 fully saturated rings. The monoisotopic (exact) mass is 361 g/mol. The van der Waals surface area contributed by atoms with E-state index in [1.54, 1.807) is 12.1 Å². The highest BCUT2D eigenvalue weighted by Gasteiger charge is 2.17. The Bertz CT molecular complexity index is 836. The molecule has 26 heavy (non-hydrogen) atoms. The Hall–Kier alpha value is -3.42. The highest BCUT2D eigenvalue weighted by atomic mass is 19.1. The quantitative estimate of drug-likeness (QED) is 0.795. The molecule has 1 amide bonds. The number of benzene rings is 2. The van der Waals surface area contributed by atoms with Gasteiger partial charge in [0, 0.05) is 6.07 Å². The molecule has 0 aliphatic heterocycles. The van der Waals surface area contributed by atoms with Crippen LogP contribution in [0.4, 0.5) is 10.1 Å². The fourth-order valence-corrected chi connectivity index (χ4v) is 2.06. The number of hydrogen-bond donors (Lipinski definition) is 1. The van der Waals surface area contributed by atoms with Gasteiger partial charge in [-0.1, -0.05) is 12.1 Å². The fraction of sp³-hybridized carbons (Fsp3) is 0.167. The zero-order valence-electron chi connectivity index (χ0n) is 14.1. The minimum atomic E-state index is -0.999. The second-order valence-corrected chi connectivity index (χ2v) is 5.01. The number of rotatable bonds is 6. The van der Waals surface area contributed by atoms with Crippen molar-refractivity contribution in [3.05, 3.63) is 59.4 Å². The number of nitrogens with one attached hydrogen (secondary N) is 1. The van der Waals surface area contributed by atoms with E-state index >= 15 is 0 Å². The number of methoxy groups -OCH3 is 2. The molecule has 0 saturated heterocycles. The van der Waals surface area contributed by atoms with Gasteiger partial charge in [0.2, 0.25) is 0 Å². The summed E-state index contributed by atoms with van der Waals surface area (Å²) in [5.74, 6) is -2.90. The van der Waals surface area contributed by atoms with Crippen molar-refractivity contribution in [2.24, 2.45) is 0 Å². The summed E-state index contributed by atoms with van der Waals surface area (Å²) in [6, 6.07) is 9.81. The van der Waals surface area contributed by atoms with Gasteiger partial charge < -0.3 is 19.5 Å². The van der Waals surface area contributed by atoms with Crippen LogP contribution >= 0.6 is 0 Å². The van der Waals surface area contributed by atoms with E-state index in [1.807, 2.05) is 0 Å². The first-order chi connectivity index (χ1) is 12.5. The maximum absolute atomic E-state index is 13.8. The highest BCUT2D eigenvalue weighted by Crippen LogP contribution is 2.18. The second-order valence-electron chi connectivity index (χ2n) is 5.01. The van der Waals surface area contributed by atoms with Crippen molar-refractivity contribution in [2.75, 3.05) is 26.1 Å². The minimum Gasteiger partial charge on any atom is -0.497 e. The van der Waals surface area contributed by atoms with Gasteiger partial charge in [0.1, 0.15) is 11.6 Å². The predicted molar refractivity (Wildman–Crippen MR) is 89.6 cm³/mol. The van der Waals surface area contributed by atoms with Gasteiger partial charge in [-0.2, -0.15) is 0 Å². The van der Waals surface area contributed by atoms with E-state index in [-0.39, 0.29) is 22.6 Å². The lowest BCUT2D eigenvalue weighted by Crippen LogP contribution is -2.22. The summed E-state index contributed by atoms with van der Waals surface area (Å²) in [6.45, 7) is -0.653. The third-order valence-electron chi connectivity index (χ3n) is 3.34. The van der Waals surface area contributed by atoms with Crippen molar-refractivity contribution in [1.29, 1.82) is 0 Å². The molecule has 2 aromatic rings. The number of amides is 1. The molecule has 0 saturated carbocycles. The number of anilines is 1. The molecular formula is C18H16FNO6. The Morgan fingerprint density at radius 3 is 2.38 bits per heavy atom. The highest BCUT2D eigenvalue weighted by molar-refractivity contribution is 6.02. The molecule has 8 heteroatoms. The summed E-state index contributed by atoms with van der Waals surface area (Å²) in [7, 11) is 2.58. The summed E-state index contributed by atoms with van der Waals surface area (Å²) in [5, 5.41) is 2.43. The lowest BCUT2D eigenvalue weighted by atomic mass is 10.2. The van der Waals surface area contributed by atoms with E-state index < -0.39 is 30.3 Å². The number of carbonyl (C=O) groups excluding carboxylic acids is 3. The summed E-state index contributed by atoms with van der Waals surface area (Å²) in [5.41, 5.74) is 0.0282. The summed E-state index contributed by atoms with van der Waals surface area (Å²) < 4.78 is 28.1. The fourth-order valence-electron chi connectivity index (χ4n) is 2.06. The van der Waals surface area contributed by atoms with Crippen molar-refractivity contribution < 1.29 is 33.0 Å². The van der Waals surface area contributed by atoms with Crippen LogP contribution in [0.3, 0.4) is 0 Å². The number of ether oxygens (including phenoxy) is 3. The molecule has 0 atom stereocenters. The molecule has 1 N–H and O–H groups in total. The third kappa shape index (κ3) is 4.56. The summed E-state index contributed by atoms with van der Waals surface area (Å²) in [4.78, 5) is 35.5.